The molecule has 1 aromatic rings. The molecule has 0 spiro atoms. The first-order valence-electron chi connectivity index (χ1n) is 4.60. The lowest BCUT2D eigenvalue weighted by Crippen LogP contribution is -1.96. The van der Waals surface area contributed by atoms with Crippen molar-refractivity contribution in [2.24, 2.45) is 5.92 Å². The van der Waals surface area contributed by atoms with E-state index >= 15 is 0 Å². The second-order valence-electron chi connectivity index (χ2n) is 3.30. The Morgan fingerprint density at radius 3 is 2.69 bits per heavy atom. The van der Waals surface area contributed by atoms with Gasteiger partial charge in [0.25, 0.3) is 0 Å². The minimum atomic E-state index is 0.615. The zero-order chi connectivity index (χ0) is 9.68. The fourth-order valence-corrected chi connectivity index (χ4v) is 1.85. The molecule has 1 rings (SSSR count). The van der Waals surface area contributed by atoms with Crippen molar-refractivity contribution in [2.45, 2.75) is 20.3 Å². The van der Waals surface area contributed by atoms with E-state index in [1.165, 1.54) is 10.0 Å². The summed E-state index contributed by atoms with van der Waals surface area (Å²) in [7, 11) is 0. The molecule has 0 bridgehead atoms. The second-order valence-corrected chi connectivity index (χ2v) is 4.15. The van der Waals surface area contributed by atoms with Crippen LogP contribution in [-0.4, -0.2) is 0 Å². The Bertz CT molecular complexity index is 289. The van der Waals surface area contributed by atoms with Crippen molar-refractivity contribution in [1.29, 1.82) is 0 Å². The lowest BCUT2D eigenvalue weighted by molar-refractivity contribution is 0.720. The molecule has 0 N–H and O–H groups in total. The van der Waals surface area contributed by atoms with Gasteiger partial charge in [-0.3, -0.25) is 0 Å². The fraction of sp³-hybridized carbons (Fsp3) is 0.333. The molecular weight excluding hydrogens is 224 g/mol. The molecule has 1 atom stereocenters. The van der Waals surface area contributed by atoms with Gasteiger partial charge in [0.1, 0.15) is 0 Å². The van der Waals surface area contributed by atoms with Gasteiger partial charge in [0.15, 0.2) is 0 Å². The van der Waals surface area contributed by atoms with Gasteiger partial charge >= 0.3 is 0 Å². The lowest BCUT2D eigenvalue weighted by Gasteiger charge is -2.07. The summed E-state index contributed by atoms with van der Waals surface area (Å²) in [5, 5.41) is 0. The molecule has 0 aliphatic rings. The largest absolute Gasteiger partial charge is 0.0914 e. The Balaban J connectivity index is 2.68. The smallest absolute Gasteiger partial charge is 0.0207 e. The van der Waals surface area contributed by atoms with Crippen molar-refractivity contribution in [2.75, 3.05) is 0 Å². The number of halogens is 1. The van der Waals surface area contributed by atoms with Gasteiger partial charge in [-0.2, -0.15) is 0 Å². The Morgan fingerprint density at radius 2 is 2.08 bits per heavy atom. The average Bonchev–Trinajstić information content (AvgIpc) is 2.09. The van der Waals surface area contributed by atoms with Gasteiger partial charge < -0.3 is 0 Å². The van der Waals surface area contributed by atoms with Crippen LogP contribution in [0.2, 0.25) is 0 Å². The molecule has 0 fully saturated rings. The molecule has 0 amide bonds. The van der Waals surface area contributed by atoms with Crippen LogP contribution in [0, 0.1) is 5.92 Å². The molecular formula is C12H15Br. The van der Waals surface area contributed by atoms with E-state index in [4.69, 9.17) is 0 Å². The maximum Gasteiger partial charge on any atom is 0.0207 e. The van der Waals surface area contributed by atoms with E-state index in [0.717, 1.165) is 6.42 Å². The summed E-state index contributed by atoms with van der Waals surface area (Å²) in [4.78, 5) is 0. The predicted molar refractivity (Wildman–Crippen MR) is 61.8 cm³/mol. The first kappa shape index (κ1) is 10.5. The first-order valence-corrected chi connectivity index (χ1v) is 5.39. The molecule has 0 heterocycles. The second kappa shape index (κ2) is 5.23. The van der Waals surface area contributed by atoms with Gasteiger partial charge in [0.05, 0.1) is 0 Å². The maximum absolute atomic E-state index is 3.55. The van der Waals surface area contributed by atoms with Crippen LogP contribution in [0.1, 0.15) is 19.4 Å². The highest BCUT2D eigenvalue weighted by atomic mass is 79.9. The molecule has 0 saturated heterocycles. The van der Waals surface area contributed by atoms with Crippen molar-refractivity contribution in [3.63, 3.8) is 0 Å². The van der Waals surface area contributed by atoms with E-state index in [2.05, 4.69) is 60.1 Å². The van der Waals surface area contributed by atoms with Crippen LogP contribution in [0.3, 0.4) is 0 Å². The molecule has 0 aliphatic heterocycles. The zero-order valence-electron chi connectivity index (χ0n) is 8.13. The third-order valence-electron chi connectivity index (χ3n) is 2.02. The number of hydrogen-bond acceptors (Lipinski definition) is 0. The van der Waals surface area contributed by atoms with E-state index < -0.39 is 0 Å². The Labute approximate surface area is 88.8 Å². The van der Waals surface area contributed by atoms with Crippen LogP contribution < -0.4 is 0 Å². The van der Waals surface area contributed by atoms with E-state index in [1.54, 1.807) is 0 Å². The van der Waals surface area contributed by atoms with Gasteiger partial charge in [0, 0.05) is 4.47 Å². The summed E-state index contributed by atoms with van der Waals surface area (Å²) in [6.07, 6.45) is 5.45. The summed E-state index contributed by atoms with van der Waals surface area (Å²) in [5.74, 6) is 0.615. The van der Waals surface area contributed by atoms with Crippen molar-refractivity contribution < 1.29 is 0 Å². The molecule has 0 aromatic heterocycles. The van der Waals surface area contributed by atoms with Gasteiger partial charge in [-0.1, -0.05) is 53.2 Å². The van der Waals surface area contributed by atoms with Crippen LogP contribution >= 0.6 is 15.9 Å². The summed E-state index contributed by atoms with van der Waals surface area (Å²) in [6, 6.07) is 8.40. The van der Waals surface area contributed by atoms with Crippen LogP contribution in [-0.2, 0) is 6.42 Å². The van der Waals surface area contributed by atoms with Crippen LogP contribution in [0.5, 0.6) is 0 Å². The van der Waals surface area contributed by atoms with E-state index in [0.29, 0.717) is 5.92 Å². The molecule has 70 valence electrons. The van der Waals surface area contributed by atoms with E-state index in [9.17, 15) is 0 Å². The Morgan fingerprint density at radius 1 is 1.38 bits per heavy atom. The van der Waals surface area contributed by atoms with Crippen LogP contribution in [0.15, 0.2) is 40.9 Å². The predicted octanol–water partition coefficient (Wildman–Crippen LogP) is 4.20. The average molecular weight is 239 g/mol. The monoisotopic (exact) mass is 238 g/mol. The number of benzene rings is 1. The van der Waals surface area contributed by atoms with Gasteiger partial charge in [-0.05, 0) is 30.9 Å². The molecule has 0 radical (unpaired) electrons. The molecule has 1 unspecified atom stereocenters. The third-order valence-corrected chi connectivity index (χ3v) is 2.79. The summed E-state index contributed by atoms with van der Waals surface area (Å²) in [5.41, 5.74) is 1.38. The summed E-state index contributed by atoms with van der Waals surface area (Å²) < 4.78 is 1.21. The van der Waals surface area contributed by atoms with Crippen LogP contribution in [0.25, 0.3) is 0 Å². The van der Waals surface area contributed by atoms with Crippen molar-refractivity contribution in [3.8, 4) is 0 Å². The Kier molecular flexibility index (Phi) is 4.23. The molecule has 1 heteroatoms. The molecule has 13 heavy (non-hydrogen) atoms. The number of allylic oxidation sites excluding steroid dienone is 2. The topological polar surface area (TPSA) is 0 Å². The SMILES string of the molecule is C/C=C\C(C)Cc1ccccc1Br. The van der Waals surface area contributed by atoms with E-state index in [1.807, 2.05) is 6.07 Å². The maximum atomic E-state index is 3.55. The standard InChI is InChI=1S/C12H15Br/c1-3-6-10(2)9-11-7-4-5-8-12(11)13/h3-8,10H,9H2,1-2H3/b6-3-. The van der Waals surface area contributed by atoms with Crippen molar-refractivity contribution in [3.05, 3.63) is 46.5 Å². The van der Waals surface area contributed by atoms with Crippen molar-refractivity contribution in [1.82, 2.24) is 0 Å². The fourth-order valence-electron chi connectivity index (χ4n) is 1.41. The minimum Gasteiger partial charge on any atom is -0.0914 e. The van der Waals surface area contributed by atoms with Gasteiger partial charge in [-0.15, -0.1) is 0 Å². The quantitative estimate of drug-likeness (QED) is 0.693. The minimum absolute atomic E-state index is 0.615. The highest BCUT2D eigenvalue weighted by Crippen LogP contribution is 2.19. The van der Waals surface area contributed by atoms with Crippen molar-refractivity contribution >= 4 is 15.9 Å². The summed E-state index contributed by atoms with van der Waals surface area (Å²) in [6.45, 7) is 4.30. The van der Waals surface area contributed by atoms with Gasteiger partial charge in [-0.25, -0.2) is 0 Å². The highest BCUT2D eigenvalue weighted by molar-refractivity contribution is 9.10. The number of hydrogen-bond donors (Lipinski definition) is 0. The van der Waals surface area contributed by atoms with E-state index in [-0.39, 0.29) is 0 Å². The Hall–Kier alpha value is -0.560. The number of rotatable bonds is 3. The van der Waals surface area contributed by atoms with Gasteiger partial charge in [0.2, 0.25) is 0 Å². The normalized spacial score (nSPS) is 13.5. The third kappa shape index (κ3) is 3.35. The highest BCUT2D eigenvalue weighted by Gasteiger charge is 2.02. The molecule has 0 saturated carbocycles. The summed E-state index contributed by atoms with van der Waals surface area (Å²) >= 11 is 3.55. The van der Waals surface area contributed by atoms with Crippen LogP contribution in [0.4, 0.5) is 0 Å². The molecule has 0 nitrogen and oxygen atoms in total. The zero-order valence-corrected chi connectivity index (χ0v) is 9.71. The first-order chi connectivity index (χ1) is 6.24. The molecule has 0 aliphatic carbocycles. The molecule has 1 aromatic carbocycles. The lowest BCUT2D eigenvalue weighted by atomic mass is 10.0.